The number of carbonyl (C=O) groups is 2. The van der Waals surface area contributed by atoms with Gasteiger partial charge in [-0.05, 0) is 24.3 Å². The summed E-state index contributed by atoms with van der Waals surface area (Å²) in [6.45, 7) is -3.27. The summed E-state index contributed by atoms with van der Waals surface area (Å²) in [5.41, 5.74) is 5.15. The molecule has 1 aromatic carbocycles. The van der Waals surface area contributed by atoms with Crippen LogP contribution in [0.2, 0.25) is 0 Å². The lowest BCUT2D eigenvalue weighted by Crippen LogP contribution is -2.32. The van der Waals surface area contributed by atoms with Gasteiger partial charge in [0.15, 0.2) is 0 Å². The van der Waals surface area contributed by atoms with E-state index in [4.69, 9.17) is 5.73 Å². The second-order valence-electron chi connectivity index (χ2n) is 3.58. The predicted molar refractivity (Wildman–Crippen MR) is 72.0 cm³/mol. The van der Waals surface area contributed by atoms with Gasteiger partial charge in [-0.15, -0.1) is 0 Å². The van der Waals surface area contributed by atoms with Crippen LogP contribution in [0.5, 0.6) is 5.75 Å². The SMILES string of the molecule is NC(=O)CNC(=O)/C=C/c1cc(Br)ccc1OC(F)F. The van der Waals surface area contributed by atoms with Crippen LogP contribution in [0.4, 0.5) is 8.78 Å². The van der Waals surface area contributed by atoms with E-state index in [0.717, 1.165) is 6.08 Å². The largest absolute Gasteiger partial charge is 0.434 e. The Morgan fingerprint density at radius 1 is 1.45 bits per heavy atom. The van der Waals surface area contributed by atoms with Crippen molar-refractivity contribution in [3.05, 3.63) is 34.3 Å². The maximum absolute atomic E-state index is 12.2. The summed E-state index contributed by atoms with van der Waals surface area (Å²) in [5, 5.41) is 2.23. The third-order valence-corrected chi connectivity index (χ3v) is 2.53. The highest BCUT2D eigenvalue weighted by Crippen LogP contribution is 2.25. The Labute approximate surface area is 121 Å². The van der Waals surface area contributed by atoms with Crippen molar-refractivity contribution < 1.29 is 23.1 Å². The van der Waals surface area contributed by atoms with E-state index in [1.807, 2.05) is 0 Å². The van der Waals surface area contributed by atoms with Crippen molar-refractivity contribution in [1.29, 1.82) is 0 Å². The van der Waals surface area contributed by atoms with E-state index in [9.17, 15) is 18.4 Å². The summed E-state index contributed by atoms with van der Waals surface area (Å²) >= 11 is 3.18. The number of halogens is 3. The van der Waals surface area contributed by atoms with E-state index < -0.39 is 18.4 Å². The van der Waals surface area contributed by atoms with Gasteiger partial charge in [0.2, 0.25) is 11.8 Å². The lowest BCUT2D eigenvalue weighted by Gasteiger charge is -2.08. The molecule has 0 bridgehead atoms. The molecular weight excluding hydrogens is 338 g/mol. The third-order valence-electron chi connectivity index (χ3n) is 2.04. The zero-order chi connectivity index (χ0) is 15.1. The predicted octanol–water partition coefficient (Wildman–Crippen LogP) is 1.67. The number of nitrogens with one attached hydrogen (secondary N) is 1. The van der Waals surface area contributed by atoms with Gasteiger partial charge < -0.3 is 15.8 Å². The van der Waals surface area contributed by atoms with E-state index in [1.54, 1.807) is 0 Å². The maximum atomic E-state index is 12.2. The fraction of sp³-hybridized carbons (Fsp3) is 0.167. The van der Waals surface area contributed by atoms with Crippen LogP contribution in [0.1, 0.15) is 5.56 Å². The van der Waals surface area contributed by atoms with E-state index in [2.05, 4.69) is 26.0 Å². The topological polar surface area (TPSA) is 81.4 Å². The zero-order valence-electron chi connectivity index (χ0n) is 10.1. The first-order chi connectivity index (χ1) is 9.38. The number of rotatable bonds is 6. The molecule has 0 aliphatic carbocycles. The standard InChI is InChI=1S/C12H11BrF2N2O3/c13-8-2-3-9(20-12(14)15)7(5-8)1-4-11(19)17-6-10(16)18/h1-5,12H,6H2,(H2,16,18)(H,17,19)/b4-1+. The molecule has 3 N–H and O–H groups in total. The number of primary amides is 1. The lowest BCUT2D eigenvalue weighted by molar-refractivity contribution is -0.122. The molecule has 0 spiro atoms. The van der Waals surface area contributed by atoms with Gasteiger partial charge in [0.1, 0.15) is 5.75 Å². The molecule has 0 atom stereocenters. The first-order valence-electron chi connectivity index (χ1n) is 5.37. The number of hydrogen-bond donors (Lipinski definition) is 2. The molecule has 108 valence electrons. The van der Waals surface area contributed by atoms with E-state index >= 15 is 0 Å². The molecule has 0 fully saturated rings. The minimum Gasteiger partial charge on any atom is -0.434 e. The number of ether oxygens (including phenoxy) is 1. The highest BCUT2D eigenvalue weighted by atomic mass is 79.9. The number of hydrogen-bond acceptors (Lipinski definition) is 3. The van der Waals surface area contributed by atoms with Gasteiger partial charge >= 0.3 is 6.61 Å². The second kappa shape index (κ2) is 7.59. The van der Waals surface area contributed by atoms with E-state index in [0.29, 0.717) is 4.47 Å². The van der Waals surface area contributed by atoms with Crippen molar-refractivity contribution in [2.24, 2.45) is 5.73 Å². The van der Waals surface area contributed by atoms with Gasteiger partial charge in [-0.25, -0.2) is 0 Å². The monoisotopic (exact) mass is 348 g/mol. The molecule has 0 saturated carbocycles. The van der Waals surface area contributed by atoms with Crippen LogP contribution >= 0.6 is 15.9 Å². The Morgan fingerprint density at radius 3 is 2.75 bits per heavy atom. The summed E-state index contributed by atoms with van der Waals surface area (Å²) in [7, 11) is 0. The number of benzene rings is 1. The summed E-state index contributed by atoms with van der Waals surface area (Å²) in [6, 6.07) is 4.38. The number of amides is 2. The Bertz CT molecular complexity index is 535. The molecule has 0 heterocycles. The normalized spacial score (nSPS) is 10.8. The number of nitrogens with two attached hydrogens (primary N) is 1. The summed E-state index contributed by atoms with van der Waals surface area (Å²) in [5.74, 6) is -1.33. The van der Waals surface area contributed by atoms with Crippen LogP contribution in [0.15, 0.2) is 28.7 Å². The molecule has 1 aromatic rings. The molecule has 0 saturated heterocycles. The molecular formula is C12H11BrF2N2O3. The highest BCUT2D eigenvalue weighted by Gasteiger charge is 2.08. The fourth-order valence-corrected chi connectivity index (χ4v) is 1.63. The van der Waals surface area contributed by atoms with Crippen molar-refractivity contribution in [2.45, 2.75) is 6.61 Å². The summed E-state index contributed by atoms with van der Waals surface area (Å²) in [6.07, 6.45) is 2.38. The van der Waals surface area contributed by atoms with Crippen LogP contribution in [0.3, 0.4) is 0 Å². The Hall–Kier alpha value is -1.96. The molecule has 0 unspecified atom stereocenters. The molecule has 20 heavy (non-hydrogen) atoms. The molecule has 8 heteroatoms. The quantitative estimate of drug-likeness (QED) is 0.767. The number of alkyl halides is 2. The van der Waals surface area contributed by atoms with E-state index in [-0.39, 0.29) is 17.9 Å². The molecule has 2 amide bonds. The maximum Gasteiger partial charge on any atom is 0.387 e. The highest BCUT2D eigenvalue weighted by molar-refractivity contribution is 9.10. The molecule has 1 rings (SSSR count). The van der Waals surface area contributed by atoms with Crippen molar-refractivity contribution in [3.63, 3.8) is 0 Å². The first-order valence-corrected chi connectivity index (χ1v) is 6.16. The minimum atomic E-state index is -2.97. The number of carbonyl (C=O) groups excluding carboxylic acids is 2. The van der Waals surface area contributed by atoms with Crippen LogP contribution in [-0.4, -0.2) is 25.0 Å². The van der Waals surface area contributed by atoms with Crippen LogP contribution in [0.25, 0.3) is 6.08 Å². The van der Waals surface area contributed by atoms with Crippen molar-refractivity contribution in [3.8, 4) is 5.75 Å². The summed E-state index contributed by atoms with van der Waals surface area (Å²) < 4.78 is 29.4. The zero-order valence-corrected chi connectivity index (χ0v) is 11.7. The first kappa shape index (κ1) is 16.1. The van der Waals surface area contributed by atoms with Crippen LogP contribution in [-0.2, 0) is 9.59 Å². The Balaban J connectivity index is 2.81. The van der Waals surface area contributed by atoms with Crippen molar-refractivity contribution in [1.82, 2.24) is 5.32 Å². The molecule has 0 aromatic heterocycles. The van der Waals surface area contributed by atoms with Gasteiger partial charge in [-0.1, -0.05) is 15.9 Å². The minimum absolute atomic E-state index is 0.0675. The van der Waals surface area contributed by atoms with Gasteiger partial charge in [-0.3, -0.25) is 9.59 Å². The second-order valence-corrected chi connectivity index (χ2v) is 4.49. The Kier molecular flexibility index (Phi) is 6.10. The Morgan fingerprint density at radius 2 is 2.15 bits per heavy atom. The van der Waals surface area contributed by atoms with Gasteiger partial charge in [0, 0.05) is 16.1 Å². The fourth-order valence-electron chi connectivity index (χ4n) is 1.25. The van der Waals surface area contributed by atoms with Gasteiger partial charge in [-0.2, -0.15) is 8.78 Å². The van der Waals surface area contributed by atoms with Crippen LogP contribution < -0.4 is 15.8 Å². The molecule has 0 aliphatic heterocycles. The van der Waals surface area contributed by atoms with Gasteiger partial charge in [0.25, 0.3) is 0 Å². The van der Waals surface area contributed by atoms with Crippen molar-refractivity contribution in [2.75, 3.05) is 6.54 Å². The summed E-state index contributed by atoms with van der Waals surface area (Å²) in [4.78, 5) is 21.8. The smallest absolute Gasteiger partial charge is 0.387 e. The molecule has 0 radical (unpaired) electrons. The lowest BCUT2D eigenvalue weighted by atomic mass is 10.2. The van der Waals surface area contributed by atoms with Crippen LogP contribution in [0, 0.1) is 0 Å². The average Bonchev–Trinajstić information content (AvgIpc) is 2.36. The molecule has 0 aliphatic rings. The van der Waals surface area contributed by atoms with Crippen molar-refractivity contribution >= 4 is 33.8 Å². The molecule has 5 nitrogen and oxygen atoms in total. The van der Waals surface area contributed by atoms with Gasteiger partial charge in [0.05, 0.1) is 6.54 Å². The average molecular weight is 349 g/mol. The third kappa shape index (κ3) is 5.79. The van der Waals surface area contributed by atoms with E-state index in [1.165, 1.54) is 24.3 Å².